The highest BCUT2D eigenvalue weighted by Gasteiger charge is 2.31. The van der Waals surface area contributed by atoms with E-state index in [1.165, 1.54) is 22.4 Å². The lowest BCUT2D eigenvalue weighted by atomic mass is 9.98. The van der Waals surface area contributed by atoms with E-state index in [1.807, 2.05) is 30.0 Å². The van der Waals surface area contributed by atoms with Gasteiger partial charge >= 0.3 is 0 Å². The van der Waals surface area contributed by atoms with Crippen molar-refractivity contribution < 1.29 is 38.1 Å². The van der Waals surface area contributed by atoms with E-state index in [2.05, 4.69) is 53.3 Å². The van der Waals surface area contributed by atoms with Gasteiger partial charge in [-0.25, -0.2) is 9.37 Å². The maximum Gasteiger partial charge on any atom is 0.253 e. The molecule has 1 unspecified atom stereocenters. The molecule has 0 radical (unpaired) electrons. The Morgan fingerprint density at radius 1 is 0.929 bits per heavy atom. The largest absolute Gasteiger partial charge is 0.508 e. The minimum absolute atomic E-state index is 0.0337. The van der Waals surface area contributed by atoms with Gasteiger partial charge in [-0.1, -0.05) is 44.2 Å². The van der Waals surface area contributed by atoms with Gasteiger partial charge < -0.3 is 34.0 Å². The number of nitrogens with one attached hydrogen (secondary N) is 1. The molecule has 300 valence electrons. The van der Waals surface area contributed by atoms with E-state index < -0.39 is 17.8 Å². The summed E-state index contributed by atoms with van der Waals surface area (Å²) >= 11 is 1.20. The van der Waals surface area contributed by atoms with Crippen LogP contribution in [0, 0.1) is 18.7 Å². The standard InChI is InChI=1S/C42H52FN5O7S/c1-30(2)12-19-53-21-23-55-24-22-54-20-13-39(51)47-17-15-46(16-18-47)36-9-6-32(7-10-36)33-4-5-34(31(3)26-33)28-48(29-49)40(37-27-35(43)8-11-38(37)50)41(52)45-42-44-14-25-56-42/h4-11,14,25-27,29-30,40,50H,12-13,15-24,28H2,1-3H3,(H,44,45,52). The van der Waals surface area contributed by atoms with Crippen LogP contribution in [0.25, 0.3) is 11.1 Å². The van der Waals surface area contributed by atoms with Crippen molar-refractivity contribution in [2.45, 2.75) is 46.2 Å². The van der Waals surface area contributed by atoms with Crippen LogP contribution >= 0.6 is 11.3 Å². The summed E-state index contributed by atoms with van der Waals surface area (Å²) in [7, 11) is 0. The summed E-state index contributed by atoms with van der Waals surface area (Å²) in [5.41, 5.74) is 4.69. The third-order valence-electron chi connectivity index (χ3n) is 9.60. The van der Waals surface area contributed by atoms with Crippen molar-refractivity contribution in [3.8, 4) is 16.9 Å². The number of anilines is 2. The lowest BCUT2D eigenvalue weighted by Crippen LogP contribution is -2.49. The number of carbonyl (C=O) groups is 3. The fourth-order valence-corrected chi connectivity index (χ4v) is 6.90. The van der Waals surface area contributed by atoms with Crippen molar-refractivity contribution >= 4 is 40.4 Å². The van der Waals surface area contributed by atoms with Gasteiger partial charge in [0.25, 0.3) is 5.91 Å². The SMILES string of the molecule is Cc1cc(-c2ccc(N3CCN(C(=O)CCOCCOCCOCCC(C)C)CC3)cc2)ccc1CN(C=O)C(C(=O)Nc1nccs1)c1cc(F)ccc1O. The molecule has 0 spiro atoms. The number of phenolic OH excluding ortho intramolecular Hbond substituents is 1. The predicted octanol–water partition coefficient (Wildman–Crippen LogP) is 6.44. The lowest BCUT2D eigenvalue weighted by Gasteiger charge is -2.36. The molecule has 2 heterocycles. The molecule has 5 rings (SSSR count). The second-order valence-corrected chi connectivity index (χ2v) is 14.9. The molecule has 1 aromatic heterocycles. The number of nitrogens with zero attached hydrogens (tertiary/aromatic N) is 4. The number of aromatic nitrogens is 1. The maximum atomic E-state index is 14.3. The number of amides is 3. The smallest absolute Gasteiger partial charge is 0.253 e. The van der Waals surface area contributed by atoms with Crippen molar-refractivity contribution in [2.75, 3.05) is 76.0 Å². The Hall–Kier alpha value is -4.89. The first-order chi connectivity index (χ1) is 27.1. The van der Waals surface area contributed by atoms with Gasteiger partial charge in [-0.05, 0) is 71.8 Å². The fourth-order valence-electron chi connectivity index (χ4n) is 6.37. The molecule has 4 aromatic rings. The monoisotopic (exact) mass is 789 g/mol. The normalized spacial score (nSPS) is 13.5. The Morgan fingerprint density at radius 3 is 2.25 bits per heavy atom. The summed E-state index contributed by atoms with van der Waals surface area (Å²) in [6.07, 6.45) is 3.45. The summed E-state index contributed by atoms with van der Waals surface area (Å²) in [5.74, 6) is -0.867. The number of benzene rings is 3. The van der Waals surface area contributed by atoms with Crippen LogP contribution in [0.15, 0.2) is 72.2 Å². The second kappa shape index (κ2) is 21.4. The minimum atomic E-state index is -1.32. The Labute approximate surface area is 332 Å². The number of phenols is 1. The molecule has 3 amide bonds. The summed E-state index contributed by atoms with van der Waals surface area (Å²) in [6.45, 7) is 12.2. The quantitative estimate of drug-likeness (QED) is 0.0724. The highest BCUT2D eigenvalue weighted by molar-refractivity contribution is 7.13. The van der Waals surface area contributed by atoms with E-state index in [1.54, 1.807) is 5.38 Å². The molecule has 0 saturated carbocycles. The number of hydrogen-bond donors (Lipinski definition) is 2. The van der Waals surface area contributed by atoms with Gasteiger partial charge in [-0.15, -0.1) is 11.3 Å². The average molecular weight is 790 g/mol. The summed E-state index contributed by atoms with van der Waals surface area (Å²) in [4.78, 5) is 48.2. The number of rotatable bonds is 21. The molecule has 0 bridgehead atoms. The first-order valence-electron chi connectivity index (χ1n) is 19.0. The summed E-state index contributed by atoms with van der Waals surface area (Å²) in [6, 6.07) is 16.1. The number of hydrogen-bond acceptors (Lipinski definition) is 10. The predicted molar refractivity (Wildman–Crippen MR) is 215 cm³/mol. The molecule has 56 heavy (non-hydrogen) atoms. The number of aromatic hydroxyl groups is 1. The Kier molecular flexibility index (Phi) is 16.2. The third-order valence-corrected chi connectivity index (χ3v) is 10.3. The minimum Gasteiger partial charge on any atom is -0.508 e. The van der Waals surface area contributed by atoms with Crippen molar-refractivity contribution in [3.63, 3.8) is 0 Å². The van der Waals surface area contributed by atoms with Crippen molar-refractivity contribution in [3.05, 3.63) is 94.7 Å². The number of halogens is 1. The topological polar surface area (TPSA) is 134 Å². The van der Waals surface area contributed by atoms with Crippen LogP contribution in [0.1, 0.15) is 49.4 Å². The molecule has 12 nitrogen and oxygen atoms in total. The first kappa shape index (κ1) is 42.3. The van der Waals surface area contributed by atoms with Gasteiger partial charge in [-0.2, -0.15) is 0 Å². The molecule has 0 aliphatic carbocycles. The number of thiazole rings is 1. The summed E-state index contributed by atoms with van der Waals surface area (Å²) in [5, 5.41) is 15.3. The first-order valence-corrected chi connectivity index (χ1v) is 19.9. The lowest BCUT2D eigenvalue weighted by molar-refractivity contribution is -0.132. The second-order valence-electron chi connectivity index (χ2n) is 14.0. The highest BCUT2D eigenvalue weighted by atomic mass is 32.1. The average Bonchev–Trinajstić information content (AvgIpc) is 3.71. The van der Waals surface area contributed by atoms with E-state index >= 15 is 0 Å². The molecular weight excluding hydrogens is 738 g/mol. The Balaban J connectivity index is 1.10. The molecule has 3 aromatic carbocycles. The number of carbonyl (C=O) groups excluding carboxylic acids is 3. The third kappa shape index (κ3) is 12.3. The molecule has 1 atom stereocenters. The van der Waals surface area contributed by atoms with Gasteiger partial charge in [-0.3, -0.25) is 19.7 Å². The molecule has 1 aliphatic rings. The van der Waals surface area contributed by atoms with E-state index in [0.717, 1.165) is 72.3 Å². The highest BCUT2D eigenvalue weighted by Crippen LogP contribution is 2.33. The van der Waals surface area contributed by atoms with Crippen LogP contribution in [0.2, 0.25) is 0 Å². The molecule has 1 saturated heterocycles. The zero-order valence-corrected chi connectivity index (χ0v) is 33.1. The van der Waals surface area contributed by atoms with Crippen LogP contribution in [0.3, 0.4) is 0 Å². The van der Waals surface area contributed by atoms with Crippen molar-refractivity contribution in [1.82, 2.24) is 14.8 Å². The molecular formula is C42H52FN5O7S. The van der Waals surface area contributed by atoms with Crippen LogP contribution < -0.4 is 10.2 Å². The molecule has 14 heteroatoms. The summed E-state index contributed by atoms with van der Waals surface area (Å²) < 4.78 is 31.0. The fraction of sp³-hybridized carbons (Fsp3) is 0.429. The van der Waals surface area contributed by atoms with E-state index in [-0.39, 0.29) is 23.8 Å². The zero-order chi connectivity index (χ0) is 39.9. The Morgan fingerprint density at radius 2 is 1.61 bits per heavy atom. The molecule has 2 N–H and O–H groups in total. The van der Waals surface area contributed by atoms with E-state index in [9.17, 15) is 23.9 Å². The number of aryl methyl sites for hydroxylation is 1. The molecule has 1 aliphatic heterocycles. The van der Waals surface area contributed by atoms with Crippen LogP contribution in [0.4, 0.5) is 15.2 Å². The van der Waals surface area contributed by atoms with Gasteiger partial charge in [0.2, 0.25) is 12.3 Å². The van der Waals surface area contributed by atoms with Gasteiger partial charge in [0.05, 0.1) is 39.5 Å². The van der Waals surface area contributed by atoms with Crippen molar-refractivity contribution in [1.29, 1.82) is 0 Å². The number of piperazine rings is 1. The number of ether oxygens (including phenoxy) is 3. The zero-order valence-electron chi connectivity index (χ0n) is 32.3. The van der Waals surface area contributed by atoms with Crippen LogP contribution in [0.5, 0.6) is 5.75 Å². The Bertz CT molecular complexity index is 1850. The van der Waals surface area contributed by atoms with Crippen LogP contribution in [-0.4, -0.2) is 104 Å². The van der Waals surface area contributed by atoms with Gasteiger partial charge in [0.1, 0.15) is 17.6 Å². The van der Waals surface area contributed by atoms with E-state index in [4.69, 9.17) is 14.2 Å². The van der Waals surface area contributed by atoms with Crippen LogP contribution in [-0.2, 0) is 35.1 Å². The molecule has 1 fully saturated rings. The van der Waals surface area contributed by atoms with Gasteiger partial charge in [0, 0.05) is 62.2 Å². The van der Waals surface area contributed by atoms with Gasteiger partial charge in [0.15, 0.2) is 5.13 Å². The maximum absolute atomic E-state index is 14.3. The van der Waals surface area contributed by atoms with Crippen molar-refractivity contribution in [2.24, 2.45) is 5.92 Å². The van der Waals surface area contributed by atoms with E-state index in [0.29, 0.717) is 70.0 Å².